The molecular formula is C9H15N3O2S. The van der Waals surface area contributed by atoms with Crippen LogP contribution in [0.4, 0.5) is 4.79 Å². The first-order valence-corrected chi connectivity index (χ1v) is 6.16. The van der Waals surface area contributed by atoms with E-state index in [4.69, 9.17) is 10.5 Å². The van der Waals surface area contributed by atoms with E-state index in [1.54, 1.807) is 16.7 Å². The molecule has 1 saturated heterocycles. The lowest BCUT2D eigenvalue weighted by molar-refractivity contribution is -0.0207. The minimum absolute atomic E-state index is 0.121. The van der Waals surface area contributed by atoms with Crippen molar-refractivity contribution in [3.05, 3.63) is 0 Å². The number of urea groups is 1. The van der Waals surface area contributed by atoms with Gasteiger partial charge in [-0.1, -0.05) is 6.92 Å². The molecule has 0 aromatic carbocycles. The van der Waals surface area contributed by atoms with Crippen molar-refractivity contribution in [2.45, 2.75) is 31.4 Å². The van der Waals surface area contributed by atoms with Gasteiger partial charge in [0.05, 0.1) is 0 Å². The van der Waals surface area contributed by atoms with Crippen molar-refractivity contribution in [2.24, 2.45) is 10.7 Å². The molecule has 5 nitrogen and oxygen atoms in total. The maximum atomic E-state index is 11.6. The molecule has 0 bridgehead atoms. The largest absolute Gasteiger partial charge is 0.387 e. The molecule has 2 aliphatic heterocycles. The number of amidine groups is 1. The summed E-state index contributed by atoms with van der Waals surface area (Å²) >= 11 is 1.75. The quantitative estimate of drug-likeness (QED) is 0.767. The fourth-order valence-corrected chi connectivity index (χ4v) is 2.74. The van der Waals surface area contributed by atoms with Crippen molar-refractivity contribution >= 4 is 23.6 Å². The number of thioether (sulfide) groups is 1. The highest BCUT2D eigenvalue weighted by molar-refractivity contribution is 8.00. The predicted octanol–water partition coefficient (Wildman–Crippen LogP) is 0.995. The molecule has 0 aromatic rings. The van der Waals surface area contributed by atoms with Gasteiger partial charge in [-0.15, -0.1) is 11.8 Å². The second-order valence-electron chi connectivity index (χ2n) is 3.59. The number of hydrogen-bond donors (Lipinski definition) is 1. The molecule has 15 heavy (non-hydrogen) atoms. The Labute approximate surface area is 93.0 Å². The van der Waals surface area contributed by atoms with Gasteiger partial charge in [-0.3, -0.25) is 4.90 Å². The van der Waals surface area contributed by atoms with Crippen molar-refractivity contribution in [3.63, 3.8) is 0 Å². The van der Waals surface area contributed by atoms with Crippen LogP contribution in [-0.4, -0.2) is 40.7 Å². The number of nitrogens with zero attached hydrogens (tertiary/aromatic N) is 2. The highest BCUT2D eigenvalue weighted by Gasteiger charge is 2.33. The van der Waals surface area contributed by atoms with E-state index in [0.717, 1.165) is 12.2 Å². The lowest BCUT2D eigenvalue weighted by atomic mass is 10.3. The summed E-state index contributed by atoms with van der Waals surface area (Å²) < 4.78 is 5.71. The molecule has 84 valence electrons. The van der Waals surface area contributed by atoms with Crippen molar-refractivity contribution in [1.29, 1.82) is 0 Å². The number of aliphatic imine (C=N–C) groups is 1. The number of rotatable bonds is 2. The summed E-state index contributed by atoms with van der Waals surface area (Å²) in [6, 6.07) is -0.263. The fraction of sp³-hybridized carbons (Fsp3) is 0.778. The first kappa shape index (κ1) is 10.8. The fourth-order valence-electron chi connectivity index (χ4n) is 1.66. The van der Waals surface area contributed by atoms with Crippen LogP contribution in [-0.2, 0) is 4.74 Å². The van der Waals surface area contributed by atoms with Gasteiger partial charge in [0.25, 0.3) is 0 Å². The van der Waals surface area contributed by atoms with Gasteiger partial charge in [0.15, 0.2) is 0 Å². The van der Waals surface area contributed by atoms with Crippen LogP contribution >= 0.6 is 11.8 Å². The Morgan fingerprint density at radius 2 is 2.53 bits per heavy atom. The lowest BCUT2D eigenvalue weighted by Crippen LogP contribution is -2.45. The van der Waals surface area contributed by atoms with Crippen molar-refractivity contribution in [2.75, 3.05) is 12.3 Å². The van der Waals surface area contributed by atoms with E-state index in [2.05, 4.69) is 11.9 Å². The van der Waals surface area contributed by atoms with Crippen LogP contribution < -0.4 is 5.73 Å². The van der Waals surface area contributed by atoms with E-state index >= 15 is 0 Å². The van der Waals surface area contributed by atoms with Crippen molar-refractivity contribution < 1.29 is 9.53 Å². The number of hydrogen-bond acceptors (Lipinski definition) is 4. The summed E-state index contributed by atoms with van der Waals surface area (Å²) in [5, 5.41) is 0. The predicted molar refractivity (Wildman–Crippen MR) is 59.8 cm³/mol. The summed E-state index contributed by atoms with van der Waals surface area (Å²) in [4.78, 5) is 17.0. The van der Waals surface area contributed by atoms with Gasteiger partial charge in [0, 0.05) is 18.7 Å². The Morgan fingerprint density at radius 1 is 1.73 bits per heavy atom. The van der Waals surface area contributed by atoms with E-state index in [1.807, 2.05) is 0 Å². The molecule has 0 aromatic heterocycles. The molecule has 0 aliphatic carbocycles. The molecule has 2 atom stereocenters. The van der Waals surface area contributed by atoms with Crippen LogP contribution in [0.1, 0.15) is 19.8 Å². The molecule has 0 spiro atoms. The molecule has 2 aliphatic rings. The molecule has 2 rings (SSSR count). The average Bonchev–Trinajstić information content (AvgIpc) is 2.66. The molecule has 2 heterocycles. The van der Waals surface area contributed by atoms with E-state index in [9.17, 15) is 4.79 Å². The summed E-state index contributed by atoms with van der Waals surface area (Å²) in [7, 11) is 0. The minimum Gasteiger partial charge on any atom is -0.387 e. The Balaban J connectivity index is 1.98. The van der Waals surface area contributed by atoms with Crippen LogP contribution in [0, 0.1) is 0 Å². The zero-order valence-electron chi connectivity index (χ0n) is 8.68. The third kappa shape index (κ3) is 2.26. The lowest BCUT2D eigenvalue weighted by Gasteiger charge is -2.28. The molecular weight excluding hydrogens is 214 g/mol. The van der Waals surface area contributed by atoms with Gasteiger partial charge in [-0.05, 0) is 6.42 Å². The molecule has 2 amide bonds. The SMILES string of the molecule is CC[C@@H]1O[C@H](N2CCC(N)=NC2=O)CS1. The number of nitrogens with two attached hydrogens (primary N) is 1. The first-order chi connectivity index (χ1) is 7.20. The molecule has 0 unspecified atom stereocenters. The smallest absolute Gasteiger partial charge is 0.347 e. The maximum Gasteiger partial charge on any atom is 0.347 e. The number of carbonyl (C=O) groups excluding carboxylic acids is 1. The second kappa shape index (κ2) is 4.40. The van der Waals surface area contributed by atoms with Crippen LogP contribution in [0.5, 0.6) is 0 Å². The van der Waals surface area contributed by atoms with Gasteiger partial charge in [-0.25, -0.2) is 4.79 Å². The van der Waals surface area contributed by atoms with Crippen LogP contribution in [0.25, 0.3) is 0 Å². The molecule has 6 heteroatoms. The van der Waals surface area contributed by atoms with Crippen LogP contribution in [0.3, 0.4) is 0 Å². The van der Waals surface area contributed by atoms with Crippen molar-refractivity contribution in [1.82, 2.24) is 4.90 Å². The van der Waals surface area contributed by atoms with E-state index in [1.165, 1.54) is 0 Å². The topological polar surface area (TPSA) is 67.9 Å². The maximum absolute atomic E-state index is 11.6. The highest BCUT2D eigenvalue weighted by Crippen LogP contribution is 2.30. The Bertz CT molecular complexity index is 295. The Morgan fingerprint density at radius 3 is 3.13 bits per heavy atom. The average molecular weight is 229 g/mol. The monoisotopic (exact) mass is 229 g/mol. The molecule has 0 saturated carbocycles. The van der Waals surface area contributed by atoms with Gasteiger partial charge >= 0.3 is 6.03 Å². The van der Waals surface area contributed by atoms with Crippen molar-refractivity contribution in [3.8, 4) is 0 Å². The summed E-state index contributed by atoms with van der Waals surface area (Å²) in [6.45, 7) is 2.70. The Kier molecular flexibility index (Phi) is 3.16. The summed E-state index contributed by atoms with van der Waals surface area (Å²) in [5.74, 6) is 1.26. The third-order valence-electron chi connectivity index (χ3n) is 2.51. The summed E-state index contributed by atoms with van der Waals surface area (Å²) in [6.07, 6.45) is 1.49. The zero-order valence-corrected chi connectivity index (χ0v) is 9.50. The Hall–Kier alpha value is -0.750. The van der Waals surface area contributed by atoms with Gasteiger partial charge in [0.1, 0.15) is 17.5 Å². The summed E-state index contributed by atoms with van der Waals surface area (Å²) in [5.41, 5.74) is 5.71. The van der Waals surface area contributed by atoms with E-state index in [0.29, 0.717) is 18.8 Å². The van der Waals surface area contributed by atoms with E-state index < -0.39 is 0 Å². The van der Waals surface area contributed by atoms with Gasteiger partial charge in [-0.2, -0.15) is 4.99 Å². The standard InChI is InChI=1S/C9H15N3O2S/c1-2-8-14-7(5-15-8)12-4-3-6(10)11-9(12)13/h7-8H,2-5H2,1H3,(H2,10,11,13)/t7-,8+/m0/s1. The molecule has 1 fully saturated rings. The highest BCUT2D eigenvalue weighted by atomic mass is 32.2. The molecule has 0 radical (unpaired) electrons. The number of amides is 2. The van der Waals surface area contributed by atoms with Crippen LogP contribution in [0.15, 0.2) is 4.99 Å². The third-order valence-corrected chi connectivity index (χ3v) is 3.80. The van der Waals surface area contributed by atoms with Crippen LogP contribution in [0.2, 0.25) is 0 Å². The minimum atomic E-state index is -0.263. The molecule has 2 N–H and O–H groups in total. The second-order valence-corrected chi connectivity index (χ2v) is 4.78. The van der Waals surface area contributed by atoms with Gasteiger partial charge < -0.3 is 10.5 Å². The van der Waals surface area contributed by atoms with Gasteiger partial charge in [0.2, 0.25) is 0 Å². The zero-order chi connectivity index (χ0) is 10.8. The normalized spacial score (nSPS) is 31.9. The number of ether oxygens (including phenoxy) is 1. The first-order valence-electron chi connectivity index (χ1n) is 5.11. The number of carbonyl (C=O) groups is 1. The van der Waals surface area contributed by atoms with E-state index in [-0.39, 0.29) is 17.7 Å².